The Hall–Kier alpha value is -2.12. The molecule has 1 aliphatic heterocycles. The number of carbonyl (C=O) groups is 2. The number of thiophene rings is 1. The van der Waals surface area contributed by atoms with Crippen LogP contribution in [0.15, 0.2) is 18.3 Å². The lowest BCUT2D eigenvalue weighted by Crippen LogP contribution is -2.33. The normalized spacial score (nSPS) is 19.0. The van der Waals surface area contributed by atoms with Gasteiger partial charge in [0.25, 0.3) is 0 Å². The molecule has 1 fully saturated rings. The molecule has 0 radical (unpaired) electrons. The molecule has 0 aromatic carbocycles. The lowest BCUT2D eigenvalue weighted by atomic mass is 10.1. The fraction of sp³-hybridized carbons (Fsp3) is 0.524. The Morgan fingerprint density at radius 2 is 2.18 bits per heavy atom. The average Bonchev–Trinajstić information content (AvgIpc) is 3.40. The van der Waals surface area contributed by atoms with E-state index in [9.17, 15) is 9.59 Å². The van der Waals surface area contributed by atoms with E-state index in [0.29, 0.717) is 23.7 Å². The smallest absolute Gasteiger partial charge is 0.341 e. The van der Waals surface area contributed by atoms with Crippen molar-refractivity contribution in [2.75, 3.05) is 25.0 Å². The summed E-state index contributed by atoms with van der Waals surface area (Å²) in [4.78, 5) is 28.7. The van der Waals surface area contributed by atoms with Gasteiger partial charge >= 0.3 is 5.97 Å². The minimum absolute atomic E-state index is 0.0634. The van der Waals surface area contributed by atoms with Crippen LogP contribution in [0.2, 0.25) is 0 Å². The van der Waals surface area contributed by atoms with Crippen LogP contribution in [0.5, 0.6) is 0 Å². The molecule has 0 spiro atoms. The number of amides is 1. The summed E-state index contributed by atoms with van der Waals surface area (Å²) < 4.78 is 7.38. The molecule has 1 saturated heterocycles. The zero-order chi connectivity index (χ0) is 19.7. The van der Waals surface area contributed by atoms with Gasteiger partial charge in [-0.05, 0) is 63.3 Å². The molecule has 1 atom stereocenters. The number of aromatic nitrogens is 1. The second kappa shape index (κ2) is 8.09. The van der Waals surface area contributed by atoms with Crippen LogP contribution in [-0.2, 0) is 29.4 Å². The van der Waals surface area contributed by atoms with Gasteiger partial charge in [-0.2, -0.15) is 0 Å². The summed E-state index contributed by atoms with van der Waals surface area (Å²) >= 11 is 1.53. The molecule has 28 heavy (non-hydrogen) atoms. The second-order valence-electron chi connectivity index (χ2n) is 7.50. The maximum absolute atomic E-state index is 12.8. The molecule has 0 unspecified atom stereocenters. The number of anilines is 1. The Morgan fingerprint density at radius 1 is 1.32 bits per heavy atom. The lowest BCUT2D eigenvalue weighted by molar-refractivity contribution is -0.117. The molecule has 1 amide bonds. The molecule has 6 nitrogen and oxygen atoms in total. The first-order chi connectivity index (χ1) is 13.6. The summed E-state index contributed by atoms with van der Waals surface area (Å²) in [5.74, 6) is -0.383. The molecule has 3 heterocycles. The first kappa shape index (κ1) is 19.2. The second-order valence-corrected chi connectivity index (χ2v) is 8.61. The molecule has 1 aliphatic carbocycles. The molecular weight excluding hydrogens is 374 g/mol. The number of aryl methyl sites for hydroxylation is 2. The van der Waals surface area contributed by atoms with E-state index in [4.69, 9.17) is 4.74 Å². The maximum atomic E-state index is 12.8. The molecule has 2 aromatic rings. The Labute approximate surface area is 169 Å². The molecule has 2 aliphatic rings. The van der Waals surface area contributed by atoms with Gasteiger partial charge in [-0.1, -0.05) is 0 Å². The predicted molar refractivity (Wildman–Crippen MR) is 110 cm³/mol. The first-order valence-corrected chi connectivity index (χ1v) is 10.9. The molecule has 1 N–H and O–H groups in total. The number of nitrogens with zero attached hydrogens (tertiary/aromatic N) is 2. The predicted octanol–water partition coefficient (Wildman–Crippen LogP) is 3.53. The molecule has 7 heteroatoms. The van der Waals surface area contributed by atoms with Gasteiger partial charge < -0.3 is 14.6 Å². The van der Waals surface area contributed by atoms with E-state index in [0.717, 1.165) is 44.2 Å². The molecule has 0 saturated carbocycles. The van der Waals surface area contributed by atoms with E-state index in [1.165, 1.54) is 21.9 Å². The minimum Gasteiger partial charge on any atom is -0.462 e. The fourth-order valence-corrected chi connectivity index (χ4v) is 5.73. The van der Waals surface area contributed by atoms with Crippen molar-refractivity contribution in [1.82, 2.24) is 9.47 Å². The number of nitrogens with one attached hydrogen (secondary N) is 1. The van der Waals surface area contributed by atoms with Crippen LogP contribution < -0.4 is 5.32 Å². The van der Waals surface area contributed by atoms with Crippen LogP contribution in [0, 0.1) is 0 Å². The summed E-state index contributed by atoms with van der Waals surface area (Å²) in [6.07, 6.45) is 7.12. The first-order valence-electron chi connectivity index (χ1n) is 10.0. The quantitative estimate of drug-likeness (QED) is 0.752. The number of esters is 1. The van der Waals surface area contributed by atoms with Gasteiger partial charge in [-0.3, -0.25) is 9.69 Å². The van der Waals surface area contributed by atoms with Crippen molar-refractivity contribution in [3.8, 4) is 0 Å². The third-order valence-corrected chi connectivity index (χ3v) is 6.90. The van der Waals surface area contributed by atoms with Crippen molar-refractivity contribution >= 4 is 28.2 Å². The fourth-order valence-electron chi connectivity index (χ4n) is 4.43. The standard InChI is InChI=1S/C21H27N3O3S/c1-3-27-21(26)19-14-7-4-10-17(14)28-20(19)22-18(25)13-24-12-6-9-16(24)15-8-5-11-23(15)2/h5,8,11,16H,3-4,6-7,9-10,12-13H2,1-2H3,(H,22,25)/t16-/m1/s1. The van der Waals surface area contributed by atoms with Crippen molar-refractivity contribution in [2.45, 2.75) is 45.1 Å². The van der Waals surface area contributed by atoms with Gasteiger partial charge in [0, 0.05) is 23.8 Å². The van der Waals surface area contributed by atoms with Crippen molar-refractivity contribution in [3.05, 3.63) is 40.0 Å². The van der Waals surface area contributed by atoms with E-state index in [-0.39, 0.29) is 17.9 Å². The van der Waals surface area contributed by atoms with Crippen LogP contribution in [0.25, 0.3) is 0 Å². The summed E-state index contributed by atoms with van der Waals surface area (Å²) in [5, 5.41) is 3.67. The molecule has 4 rings (SSSR count). The largest absolute Gasteiger partial charge is 0.462 e. The van der Waals surface area contributed by atoms with E-state index < -0.39 is 0 Å². The van der Waals surface area contributed by atoms with Gasteiger partial charge in [0.15, 0.2) is 0 Å². The van der Waals surface area contributed by atoms with E-state index in [1.807, 2.05) is 19.3 Å². The van der Waals surface area contributed by atoms with E-state index in [2.05, 4.69) is 20.9 Å². The highest BCUT2D eigenvalue weighted by atomic mass is 32.1. The number of carbonyl (C=O) groups excluding carboxylic acids is 2. The van der Waals surface area contributed by atoms with Crippen molar-refractivity contribution in [2.24, 2.45) is 7.05 Å². The third kappa shape index (κ3) is 3.61. The van der Waals surface area contributed by atoms with Crippen molar-refractivity contribution in [3.63, 3.8) is 0 Å². The molecule has 150 valence electrons. The SMILES string of the molecule is CCOC(=O)c1c(NC(=O)CN2CCC[C@@H]2c2cccn2C)sc2c1CCC2. The monoisotopic (exact) mass is 401 g/mol. The number of rotatable bonds is 6. The van der Waals surface area contributed by atoms with Gasteiger partial charge in [0.05, 0.1) is 24.8 Å². The summed E-state index contributed by atoms with van der Waals surface area (Å²) in [6.45, 7) is 3.39. The maximum Gasteiger partial charge on any atom is 0.341 e. The topological polar surface area (TPSA) is 63.6 Å². The number of hydrogen-bond donors (Lipinski definition) is 1. The Morgan fingerprint density at radius 3 is 2.93 bits per heavy atom. The van der Waals surface area contributed by atoms with Gasteiger partial charge in [-0.15, -0.1) is 11.3 Å². The summed E-state index contributed by atoms with van der Waals surface area (Å²) in [5.41, 5.74) is 2.89. The Kier molecular flexibility index (Phi) is 5.55. The lowest BCUT2D eigenvalue weighted by Gasteiger charge is -2.24. The van der Waals surface area contributed by atoms with Crippen molar-refractivity contribution < 1.29 is 14.3 Å². The van der Waals surface area contributed by atoms with E-state index >= 15 is 0 Å². The molecular formula is C21H27N3O3S. The van der Waals surface area contributed by atoms with Crippen LogP contribution in [0.1, 0.15) is 58.7 Å². The average molecular weight is 402 g/mol. The number of hydrogen-bond acceptors (Lipinski definition) is 5. The molecule has 0 bridgehead atoms. The van der Waals surface area contributed by atoms with Crippen LogP contribution >= 0.6 is 11.3 Å². The third-order valence-electron chi connectivity index (χ3n) is 5.69. The zero-order valence-electron chi connectivity index (χ0n) is 16.5. The Bertz CT molecular complexity index is 886. The summed E-state index contributed by atoms with van der Waals surface area (Å²) in [6, 6.07) is 4.44. The number of fused-ring (bicyclic) bond motifs is 1. The minimum atomic E-state index is -0.319. The van der Waals surface area contributed by atoms with Crippen LogP contribution in [0.3, 0.4) is 0 Å². The van der Waals surface area contributed by atoms with Gasteiger partial charge in [0.2, 0.25) is 5.91 Å². The molecule has 2 aromatic heterocycles. The van der Waals surface area contributed by atoms with Gasteiger partial charge in [0.1, 0.15) is 5.00 Å². The zero-order valence-corrected chi connectivity index (χ0v) is 17.3. The highest BCUT2D eigenvalue weighted by Gasteiger charge is 2.31. The van der Waals surface area contributed by atoms with Crippen LogP contribution in [-0.4, -0.2) is 41.0 Å². The Balaban J connectivity index is 1.48. The number of ether oxygens (including phenoxy) is 1. The van der Waals surface area contributed by atoms with Gasteiger partial charge in [-0.25, -0.2) is 4.79 Å². The number of likely N-dealkylation sites (tertiary alicyclic amines) is 1. The highest BCUT2D eigenvalue weighted by molar-refractivity contribution is 7.17. The summed E-state index contributed by atoms with van der Waals surface area (Å²) in [7, 11) is 2.05. The highest BCUT2D eigenvalue weighted by Crippen LogP contribution is 2.39. The van der Waals surface area contributed by atoms with E-state index in [1.54, 1.807) is 6.92 Å². The van der Waals surface area contributed by atoms with Crippen LogP contribution in [0.4, 0.5) is 5.00 Å². The van der Waals surface area contributed by atoms with Crippen molar-refractivity contribution in [1.29, 1.82) is 0 Å².